The molecule has 1 aromatic rings. The topological polar surface area (TPSA) is 67.6 Å². The second kappa shape index (κ2) is 7.87. The number of benzene rings is 1. The first kappa shape index (κ1) is 14.8. The third kappa shape index (κ3) is 5.19. The van der Waals surface area contributed by atoms with Gasteiger partial charge in [-0.25, -0.2) is 0 Å². The zero-order chi connectivity index (χ0) is 14.2. The summed E-state index contributed by atoms with van der Waals surface area (Å²) in [5.41, 5.74) is 7.34. The van der Waals surface area contributed by atoms with E-state index < -0.39 is 0 Å². The third-order valence-corrected chi connectivity index (χ3v) is 3.39. The Morgan fingerprint density at radius 2 is 2.15 bits per heavy atom. The molecule has 0 radical (unpaired) electrons. The minimum Gasteiger partial charge on any atom is -0.399 e. The van der Waals surface area contributed by atoms with E-state index in [-0.39, 0.29) is 5.91 Å². The van der Waals surface area contributed by atoms with Crippen molar-refractivity contribution >= 4 is 11.6 Å². The summed E-state index contributed by atoms with van der Waals surface area (Å²) in [4.78, 5) is 14.2. The Labute approximate surface area is 120 Å². The number of carbonyl (C=O) groups excluding carboxylic acids is 1. The summed E-state index contributed by atoms with van der Waals surface area (Å²) in [5.74, 6) is 0.0533. The first-order valence-electron chi connectivity index (χ1n) is 7.15. The lowest BCUT2D eigenvalue weighted by molar-refractivity contribution is -0.120. The number of nitrogens with zero attached hydrogens (tertiary/aromatic N) is 1. The van der Waals surface area contributed by atoms with Crippen LogP contribution in [0.5, 0.6) is 0 Å². The molecule has 1 amide bonds. The van der Waals surface area contributed by atoms with Crippen LogP contribution in [0.1, 0.15) is 12.0 Å². The van der Waals surface area contributed by atoms with Crippen LogP contribution >= 0.6 is 0 Å². The molecular weight excluding hydrogens is 254 g/mol. The van der Waals surface area contributed by atoms with Crippen LogP contribution in [0.2, 0.25) is 0 Å². The van der Waals surface area contributed by atoms with Gasteiger partial charge in [0.1, 0.15) is 0 Å². The molecule has 20 heavy (non-hydrogen) atoms. The Morgan fingerprint density at radius 3 is 2.90 bits per heavy atom. The van der Waals surface area contributed by atoms with Crippen molar-refractivity contribution in [2.45, 2.75) is 12.8 Å². The van der Waals surface area contributed by atoms with Gasteiger partial charge in [-0.3, -0.25) is 9.69 Å². The van der Waals surface area contributed by atoms with E-state index in [4.69, 9.17) is 10.5 Å². The molecule has 110 valence electrons. The van der Waals surface area contributed by atoms with Crippen LogP contribution in [-0.2, 0) is 16.0 Å². The highest BCUT2D eigenvalue weighted by Crippen LogP contribution is 2.06. The summed E-state index contributed by atoms with van der Waals surface area (Å²) in [6, 6.07) is 7.46. The van der Waals surface area contributed by atoms with E-state index in [0.29, 0.717) is 12.1 Å². The van der Waals surface area contributed by atoms with Crippen molar-refractivity contribution in [3.8, 4) is 0 Å². The quantitative estimate of drug-likeness (QED) is 0.592. The van der Waals surface area contributed by atoms with E-state index in [1.807, 2.05) is 24.3 Å². The van der Waals surface area contributed by atoms with Crippen LogP contribution < -0.4 is 11.1 Å². The van der Waals surface area contributed by atoms with Gasteiger partial charge in [-0.15, -0.1) is 0 Å². The fourth-order valence-corrected chi connectivity index (χ4v) is 2.31. The van der Waals surface area contributed by atoms with Crippen molar-refractivity contribution in [1.29, 1.82) is 0 Å². The van der Waals surface area contributed by atoms with Gasteiger partial charge in [0.15, 0.2) is 0 Å². The first-order chi connectivity index (χ1) is 9.74. The minimum absolute atomic E-state index is 0.0533. The average molecular weight is 277 g/mol. The Balaban J connectivity index is 1.60. The van der Waals surface area contributed by atoms with Gasteiger partial charge in [-0.05, 0) is 30.7 Å². The predicted octanol–water partition coefficient (Wildman–Crippen LogP) is 0.650. The maximum absolute atomic E-state index is 11.8. The Bertz CT molecular complexity index is 431. The van der Waals surface area contributed by atoms with Crippen LogP contribution in [0.25, 0.3) is 0 Å². The molecule has 3 N–H and O–H groups in total. The maximum atomic E-state index is 11.8. The molecule has 1 saturated heterocycles. The molecule has 1 aliphatic heterocycles. The van der Waals surface area contributed by atoms with Gasteiger partial charge in [0.2, 0.25) is 5.91 Å². The van der Waals surface area contributed by atoms with E-state index >= 15 is 0 Å². The fraction of sp³-hybridized carbons (Fsp3) is 0.533. The number of morpholine rings is 1. The molecule has 0 aromatic heterocycles. The molecule has 0 bridgehead atoms. The lowest BCUT2D eigenvalue weighted by Crippen LogP contribution is -2.38. The zero-order valence-corrected chi connectivity index (χ0v) is 11.8. The molecule has 1 aliphatic rings. The Morgan fingerprint density at radius 1 is 1.35 bits per heavy atom. The smallest absolute Gasteiger partial charge is 0.224 e. The van der Waals surface area contributed by atoms with Crippen LogP contribution in [-0.4, -0.2) is 50.2 Å². The number of hydrogen-bond donors (Lipinski definition) is 2. The lowest BCUT2D eigenvalue weighted by atomic mass is 10.1. The van der Waals surface area contributed by atoms with Crippen molar-refractivity contribution in [3.63, 3.8) is 0 Å². The van der Waals surface area contributed by atoms with Gasteiger partial charge in [0.05, 0.1) is 19.6 Å². The molecule has 1 fully saturated rings. The summed E-state index contributed by atoms with van der Waals surface area (Å²) < 4.78 is 5.30. The molecule has 5 nitrogen and oxygen atoms in total. The van der Waals surface area contributed by atoms with Gasteiger partial charge in [0.25, 0.3) is 0 Å². The molecule has 0 aliphatic carbocycles. The fourth-order valence-electron chi connectivity index (χ4n) is 2.31. The Hall–Kier alpha value is -1.59. The number of amides is 1. The number of nitrogens with two attached hydrogens (primary N) is 1. The molecule has 5 heteroatoms. The monoisotopic (exact) mass is 277 g/mol. The number of nitrogen functional groups attached to an aromatic ring is 1. The van der Waals surface area contributed by atoms with E-state index in [0.717, 1.165) is 51.4 Å². The Kier molecular flexibility index (Phi) is 5.83. The molecule has 0 unspecified atom stereocenters. The van der Waals surface area contributed by atoms with Crippen molar-refractivity contribution in [3.05, 3.63) is 29.8 Å². The van der Waals surface area contributed by atoms with Gasteiger partial charge >= 0.3 is 0 Å². The highest BCUT2D eigenvalue weighted by atomic mass is 16.5. The molecule has 0 atom stereocenters. The van der Waals surface area contributed by atoms with E-state index in [1.165, 1.54) is 0 Å². The minimum atomic E-state index is 0.0533. The molecule has 0 saturated carbocycles. The number of hydrogen-bond acceptors (Lipinski definition) is 4. The van der Waals surface area contributed by atoms with Crippen molar-refractivity contribution in [1.82, 2.24) is 10.2 Å². The molecule has 1 heterocycles. The second-order valence-electron chi connectivity index (χ2n) is 5.08. The van der Waals surface area contributed by atoms with Gasteiger partial charge in [-0.1, -0.05) is 12.1 Å². The summed E-state index contributed by atoms with van der Waals surface area (Å²) >= 11 is 0. The van der Waals surface area contributed by atoms with E-state index in [1.54, 1.807) is 0 Å². The summed E-state index contributed by atoms with van der Waals surface area (Å²) in [7, 11) is 0. The number of rotatable bonds is 6. The highest BCUT2D eigenvalue weighted by Gasteiger charge is 2.09. The number of carbonyl (C=O) groups is 1. The number of ether oxygens (including phenoxy) is 1. The normalized spacial score (nSPS) is 16.0. The largest absolute Gasteiger partial charge is 0.399 e. The summed E-state index contributed by atoms with van der Waals surface area (Å²) in [6.45, 7) is 5.37. The molecule has 0 spiro atoms. The summed E-state index contributed by atoms with van der Waals surface area (Å²) in [5, 5.41) is 2.95. The second-order valence-corrected chi connectivity index (χ2v) is 5.08. The lowest BCUT2D eigenvalue weighted by Gasteiger charge is -2.26. The van der Waals surface area contributed by atoms with Crippen LogP contribution in [0.4, 0.5) is 5.69 Å². The first-order valence-corrected chi connectivity index (χ1v) is 7.15. The molecular formula is C15H23N3O2. The van der Waals surface area contributed by atoms with Crippen molar-refractivity contribution < 1.29 is 9.53 Å². The standard InChI is InChI=1S/C15H23N3O2/c16-14-4-1-3-13(11-14)12-15(19)17-5-2-6-18-7-9-20-10-8-18/h1,3-4,11H,2,5-10,12,16H2,(H,17,19). The van der Waals surface area contributed by atoms with Crippen molar-refractivity contribution in [2.24, 2.45) is 0 Å². The third-order valence-electron chi connectivity index (χ3n) is 3.39. The van der Waals surface area contributed by atoms with Crippen LogP contribution in [0, 0.1) is 0 Å². The summed E-state index contributed by atoms with van der Waals surface area (Å²) in [6.07, 6.45) is 1.37. The highest BCUT2D eigenvalue weighted by molar-refractivity contribution is 5.78. The van der Waals surface area contributed by atoms with Crippen LogP contribution in [0.3, 0.4) is 0 Å². The van der Waals surface area contributed by atoms with Gasteiger partial charge in [-0.2, -0.15) is 0 Å². The SMILES string of the molecule is Nc1cccc(CC(=O)NCCCN2CCOCC2)c1. The molecule has 2 rings (SSSR count). The maximum Gasteiger partial charge on any atom is 0.224 e. The van der Waals surface area contributed by atoms with E-state index in [2.05, 4.69) is 10.2 Å². The van der Waals surface area contributed by atoms with Gasteiger partial charge in [0, 0.05) is 25.3 Å². The number of nitrogens with one attached hydrogen (secondary N) is 1. The van der Waals surface area contributed by atoms with Crippen LogP contribution in [0.15, 0.2) is 24.3 Å². The molecule has 1 aromatic carbocycles. The average Bonchev–Trinajstić information content (AvgIpc) is 2.45. The number of anilines is 1. The zero-order valence-electron chi connectivity index (χ0n) is 11.8. The van der Waals surface area contributed by atoms with Crippen molar-refractivity contribution in [2.75, 3.05) is 45.1 Å². The van der Waals surface area contributed by atoms with Gasteiger partial charge < -0.3 is 15.8 Å². The van der Waals surface area contributed by atoms with E-state index in [9.17, 15) is 4.79 Å². The predicted molar refractivity (Wildman–Crippen MR) is 79.4 cm³/mol.